The lowest BCUT2D eigenvalue weighted by Gasteiger charge is -2.43. The number of nitrogens with zero attached hydrogens (tertiary/aromatic N) is 1. The number of hydrogen-bond donors (Lipinski definition) is 1. The van der Waals surface area contributed by atoms with Crippen LogP contribution in [0.15, 0.2) is 0 Å². The van der Waals surface area contributed by atoms with Gasteiger partial charge < -0.3 is 10.2 Å². The maximum absolute atomic E-state index is 12.8. The van der Waals surface area contributed by atoms with Crippen LogP contribution in [0.5, 0.6) is 0 Å². The van der Waals surface area contributed by atoms with E-state index in [4.69, 9.17) is 0 Å². The molecule has 0 aromatic heterocycles. The second-order valence-corrected chi connectivity index (χ2v) is 7.52. The van der Waals surface area contributed by atoms with Crippen LogP contribution in [-0.2, 0) is 9.59 Å². The summed E-state index contributed by atoms with van der Waals surface area (Å²) in [4.78, 5) is 26.6. The zero-order valence-electron chi connectivity index (χ0n) is 12.2. The van der Waals surface area contributed by atoms with Crippen molar-refractivity contribution in [3.05, 3.63) is 0 Å². The van der Waals surface area contributed by atoms with Crippen molar-refractivity contribution < 1.29 is 9.59 Å². The number of hydrogen-bond acceptors (Lipinski definition) is 2. The maximum atomic E-state index is 12.8. The molecule has 1 heterocycles. The predicted molar refractivity (Wildman–Crippen MR) is 72.4 cm³/mol. The van der Waals surface area contributed by atoms with Gasteiger partial charge in [-0.1, -0.05) is 13.8 Å². The van der Waals surface area contributed by atoms with E-state index in [9.17, 15) is 9.59 Å². The zero-order valence-corrected chi connectivity index (χ0v) is 12.2. The minimum atomic E-state index is -0.637. The van der Waals surface area contributed by atoms with Gasteiger partial charge in [-0.2, -0.15) is 0 Å². The summed E-state index contributed by atoms with van der Waals surface area (Å²) in [5.41, 5.74) is -0.336. The van der Waals surface area contributed by atoms with Crippen molar-refractivity contribution in [2.24, 2.45) is 11.3 Å². The van der Waals surface area contributed by atoms with Crippen LogP contribution in [-0.4, -0.2) is 34.8 Å². The molecule has 2 saturated carbocycles. The molecule has 0 bridgehead atoms. The van der Waals surface area contributed by atoms with Gasteiger partial charge in [-0.05, 0) is 50.4 Å². The molecule has 4 heteroatoms. The fraction of sp³-hybridized carbons (Fsp3) is 0.867. The molecular weight excluding hydrogens is 240 g/mol. The normalized spacial score (nSPS) is 38.5. The van der Waals surface area contributed by atoms with Crippen LogP contribution in [0.25, 0.3) is 0 Å². The molecule has 0 radical (unpaired) electrons. The average molecular weight is 264 g/mol. The molecular formula is C15H24N2O2. The van der Waals surface area contributed by atoms with Gasteiger partial charge in [0.15, 0.2) is 0 Å². The minimum Gasteiger partial charge on any atom is -0.340 e. The van der Waals surface area contributed by atoms with Gasteiger partial charge in [0.05, 0.1) is 6.54 Å². The van der Waals surface area contributed by atoms with E-state index in [1.54, 1.807) is 0 Å². The van der Waals surface area contributed by atoms with Crippen molar-refractivity contribution >= 4 is 11.8 Å². The number of rotatable bonds is 2. The summed E-state index contributed by atoms with van der Waals surface area (Å²) in [7, 11) is 0. The summed E-state index contributed by atoms with van der Waals surface area (Å²) < 4.78 is 0. The Bertz CT molecular complexity index is 428. The lowest BCUT2D eigenvalue weighted by Crippen LogP contribution is -2.67. The van der Waals surface area contributed by atoms with E-state index in [0.717, 1.165) is 32.1 Å². The van der Waals surface area contributed by atoms with Crippen LogP contribution in [0.2, 0.25) is 0 Å². The first-order valence-corrected chi connectivity index (χ1v) is 7.44. The van der Waals surface area contributed by atoms with Crippen LogP contribution in [0.4, 0.5) is 0 Å². The summed E-state index contributed by atoms with van der Waals surface area (Å²) in [6.07, 6.45) is 5.32. The highest BCUT2D eigenvalue weighted by Crippen LogP contribution is 2.44. The van der Waals surface area contributed by atoms with Gasteiger partial charge in [0.2, 0.25) is 11.8 Å². The molecule has 3 aliphatic rings. The van der Waals surface area contributed by atoms with Crippen LogP contribution >= 0.6 is 0 Å². The molecule has 0 aromatic carbocycles. The number of nitrogens with one attached hydrogen (secondary N) is 1. The summed E-state index contributed by atoms with van der Waals surface area (Å²) in [6.45, 7) is 6.67. The van der Waals surface area contributed by atoms with Gasteiger partial charge in [0.25, 0.3) is 0 Å². The Balaban J connectivity index is 1.81. The Labute approximate surface area is 114 Å². The molecule has 2 atom stereocenters. The minimum absolute atomic E-state index is 0.0127. The summed E-state index contributed by atoms with van der Waals surface area (Å²) in [5, 5.41) is 2.95. The molecule has 2 amide bonds. The molecule has 2 aliphatic carbocycles. The quantitative estimate of drug-likeness (QED) is 0.825. The van der Waals surface area contributed by atoms with Crippen molar-refractivity contribution in [1.29, 1.82) is 0 Å². The molecule has 0 spiro atoms. The summed E-state index contributed by atoms with van der Waals surface area (Å²) in [5.74, 6) is 0.511. The standard InChI is InChI=1S/C15H24N2O2/c1-14(2)7-6-11(8-14)17-9-12(18)16-15(3,13(17)19)10-4-5-10/h10-11H,4-9H2,1-3H3,(H,16,18). The molecule has 4 nitrogen and oxygen atoms in total. The number of piperazine rings is 1. The second kappa shape index (κ2) is 3.97. The van der Waals surface area contributed by atoms with Gasteiger partial charge in [0.1, 0.15) is 5.54 Å². The van der Waals surface area contributed by atoms with Crippen LogP contribution in [0, 0.1) is 11.3 Å². The van der Waals surface area contributed by atoms with E-state index in [0.29, 0.717) is 11.3 Å². The SMILES string of the molecule is CC1(C)CCC(N2CC(=O)NC(C)(C3CC3)C2=O)C1. The van der Waals surface area contributed by atoms with Crippen LogP contribution in [0.3, 0.4) is 0 Å². The lowest BCUT2D eigenvalue weighted by molar-refractivity contribution is -0.152. The van der Waals surface area contributed by atoms with Gasteiger partial charge in [-0.25, -0.2) is 0 Å². The summed E-state index contributed by atoms with van der Waals surface area (Å²) in [6, 6.07) is 0.256. The van der Waals surface area contributed by atoms with Crippen molar-refractivity contribution in [1.82, 2.24) is 10.2 Å². The van der Waals surface area contributed by atoms with Crippen molar-refractivity contribution in [2.75, 3.05) is 6.54 Å². The largest absolute Gasteiger partial charge is 0.340 e. The molecule has 2 unspecified atom stereocenters. The van der Waals surface area contributed by atoms with Gasteiger partial charge in [-0.3, -0.25) is 9.59 Å². The molecule has 0 aromatic rings. The molecule has 19 heavy (non-hydrogen) atoms. The first-order chi connectivity index (χ1) is 8.82. The Morgan fingerprint density at radius 3 is 2.37 bits per heavy atom. The van der Waals surface area contributed by atoms with E-state index in [1.807, 2.05) is 11.8 Å². The monoisotopic (exact) mass is 264 g/mol. The smallest absolute Gasteiger partial charge is 0.249 e. The zero-order chi connectivity index (χ0) is 13.8. The van der Waals surface area contributed by atoms with E-state index in [2.05, 4.69) is 19.2 Å². The Morgan fingerprint density at radius 2 is 1.84 bits per heavy atom. The highest BCUT2D eigenvalue weighted by molar-refractivity contribution is 5.98. The van der Waals surface area contributed by atoms with Crippen LogP contribution < -0.4 is 5.32 Å². The predicted octanol–water partition coefficient (Wildman–Crippen LogP) is 1.69. The third kappa shape index (κ3) is 2.15. The summed E-state index contributed by atoms with van der Waals surface area (Å²) >= 11 is 0. The highest BCUT2D eigenvalue weighted by atomic mass is 16.2. The van der Waals surface area contributed by atoms with E-state index in [1.165, 1.54) is 0 Å². The first-order valence-electron chi connectivity index (χ1n) is 7.44. The van der Waals surface area contributed by atoms with Crippen LogP contribution in [0.1, 0.15) is 52.9 Å². The number of carbonyl (C=O) groups is 2. The molecule has 1 aliphatic heterocycles. The van der Waals surface area contributed by atoms with Gasteiger partial charge in [0, 0.05) is 6.04 Å². The maximum Gasteiger partial charge on any atom is 0.249 e. The molecule has 3 rings (SSSR count). The Hall–Kier alpha value is -1.06. The Morgan fingerprint density at radius 1 is 1.16 bits per heavy atom. The fourth-order valence-electron chi connectivity index (χ4n) is 3.81. The first kappa shape index (κ1) is 12.9. The Kier molecular flexibility index (Phi) is 2.70. The number of carbonyl (C=O) groups excluding carboxylic acids is 2. The third-order valence-electron chi connectivity index (χ3n) is 5.20. The van der Waals surface area contributed by atoms with Crippen molar-refractivity contribution in [2.45, 2.75) is 64.5 Å². The third-order valence-corrected chi connectivity index (χ3v) is 5.20. The highest BCUT2D eigenvalue weighted by Gasteiger charge is 2.54. The average Bonchev–Trinajstić information content (AvgIpc) is 3.09. The molecule has 106 valence electrons. The molecule has 3 fully saturated rings. The number of amides is 2. The van der Waals surface area contributed by atoms with E-state index >= 15 is 0 Å². The van der Waals surface area contributed by atoms with E-state index in [-0.39, 0.29) is 24.4 Å². The van der Waals surface area contributed by atoms with Crippen molar-refractivity contribution in [3.63, 3.8) is 0 Å². The fourth-order valence-corrected chi connectivity index (χ4v) is 3.81. The van der Waals surface area contributed by atoms with Crippen molar-refractivity contribution in [3.8, 4) is 0 Å². The van der Waals surface area contributed by atoms with Gasteiger partial charge >= 0.3 is 0 Å². The second-order valence-electron chi connectivity index (χ2n) is 7.52. The van der Waals surface area contributed by atoms with Gasteiger partial charge in [-0.15, -0.1) is 0 Å². The molecule has 1 N–H and O–H groups in total. The lowest BCUT2D eigenvalue weighted by atomic mass is 9.89. The topological polar surface area (TPSA) is 49.4 Å². The van der Waals surface area contributed by atoms with E-state index < -0.39 is 5.54 Å². The molecule has 1 saturated heterocycles.